The summed E-state index contributed by atoms with van der Waals surface area (Å²) in [6.07, 6.45) is 1.21. The summed E-state index contributed by atoms with van der Waals surface area (Å²) in [7, 11) is 0. The molecule has 1 aliphatic rings. The molecule has 108 valence electrons. The molecule has 0 saturated heterocycles. The molecule has 4 heteroatoms. The number of fused-ring (bicyclic) bond motifs is 1. The smallest absolute Gasteiger partial charge is 0.166 e. The van der Waals surface area contributed by atoms with Crippen LogP contribution in [0.5, 0.6) is 11.5 Å². The summed E-state index contributed by atoms with van der Waals surface area (Å²) in [5.41, 5.74) is 1.38. The van der Waals surface area contributed by atoms with E-state index in [1.54, 1.807) is 6.07 Å². The lowest BCUT2D eigenvalue weighted by Crippen LogP contribution is -2.13. The maximum Gasteiger partial charge on any atom is 0.166 e. The van der Waals surface area contributed by atoms with Crippen LogP contribution in [0.2, 0.25) is 5.02 Å². The molecule has 0 bridgehead atoms. The van der Waals surface area contributed by atoms with Gasteiger partial charge in [-0.1, -0.05) is 29.8 Å². The maximum atomic E-state index is 12.3. The predicted octanol–water partition coefficient (Wildman–Crippen LogP) is 3.87. The van der Waals surface area contributed by atoms with Crippen molar-refractivity contribution >= 4 is 17.4 Å². The maximum absolute atomic E-state index is 12.3. The third-order valence-corrected chi connectivity index (χ3v) is 4.21. The first-order chi connectivity index (χ1) is 10.2. The lowest BCUT2D eigenvalue weighted by Gasteiger charge is -2.09. The van der Waals surface area contributed by atoms with Crippen LogP contribution >= 0.6 is 11.6 Å². The molecular weight excluding hydrogens is 288 g/mol. The Labute approximate surface area is 128 Å². The van der Waals surface area contributed by atoms with Gasteiger partial charge in [0.2, 0.25) is 0 Å². The molecule has 1 aliphatic carbocycles. The standard InChI is InChI=1S/C17H15ClO3/c18-16-14-10-11(17(20)13(14)6-7-15(16)19)8-9-21-12-4-2-1-3-5-12/h1-7,11,19H,8-10H2. The van der Waals surface area contributed by atoms with Gasteiger partial charge in [-0.15, -0.1) is 0 Å². The molecule has 3 rings (SSSR count). The van der Waals surface area contributed by atoms with Crippen LogP contribution in [0, 0.1) is 5.92 Å². The fraction of sp³-hybridized carbons (Fsp3) is 0.235. The van der Waals surface area contributed by atoms with Crippen LogP contribution in [0.3, 0.4) is 0 Å². The zero-order valence-corrected chi connectivity index (χ0v) is 12.1. The van der Waals surface area contributed by atoms with Gasteiger partial charge in [-0.2, -0.15) is 0 Å². The number of halogens is 1. The molecule has 0 amide bonds. The van der Waals surface area contributed by atoms with Crippen LogP contribution in [-0.2, 0) is 6.42 Å². The second-order valence-corrected chi connectivity index (χ2v) is 5.52. The molecule has 21 heavy (non-hydrogen) atoms. The highest BCUT2D eigenvalue weighted by Gasteiger charge is 2.32. The van der Waals surface area contributed by atoms with Gasteiger partial charge in [-0.3, -0.25) is 4.79 Å². The molecule has 0 heterocycles. The average Bonchev–Trinajstić information content (AvgIpc) is 2.82. The first-order valence-electron chi connectivity index (χ1n) is 6.89. The number of para-hydroxylation sites is 1. The van der Waals surface area contributed by atoms with E-state index in [9.17, 15) is 9.90 Å². The SMILES string of the molecule is O=C1c2ccc(O)c(Cl)c2CC1CCOc1ccccc1. The van der Waals surface area contributed by atoms with Crippen molar-refractivity contribution in [2.24, 2.45) is 5.92 Å². The summed E-state index contributed by atoms with van der Waals surface area (Å²) in [5.74, 6) is 0.798. The van der Waals surface area contributed by atoms with Crippen LogP contribution < -0.4 is 4.74 Å². The van der Waals surface area contributed by atoms with Crippen molar-refractivity contribution in [2.45, 2.75) is 12.8 Å². The average molecular weight is 303 g/mol. The number of carbonyl (C=O) groups is 1. The molecule has 2 aromatic rings. The van der Waals surface area contributed by atoms with Crippen LogP contribution in [0.1, 0.15) is 22.3 Å². The summed E-state index contributed by atoms with van der Waals surface area (Å²) in [5, 5.41) is 9.91. The number of Topliss-reactive ketones (excluding diaryl/α,β-unsaturated/α-hetero) is 1. The highest BCUT2D eigenvalue weighted by Crippen LogP contribution is 2.38. The highest BCUT2D eigenvalue weighted by molar-refractivity contribution is 6.33. The Balaban J connectivity index is 1.64. The molecule has 0 aliphatic heterocycles. The molecule has 3 nitrogen and oxygen atoms in total. The summed E-state index contributed by atoms with van der Waals surface area (Å²) < 4.78 is 5.63. The Hall–Kier alpha value is -2.00. The molecule has 0 fully saturated rings. The van der Waals surface area contributed by atoms with Crippen molar-refractivity contribution in [2.75, 3.05) is 6.61 Å². The second kappa shape index (κ2) is 5.78. The fourth-order valence-corrected chi connectivity index (χ4v) is 2.91. The Bertz CT molecular complexity index is 667. The monoisotopic (exact) mass is 302 g/mol. The van der Waals surface area contributed by atoms with Gasteiger partial charge < -0.3 is 9.84 Å². The van der Waals surface area contributed by atoms with Gasteiger partial charge in [0.05, 0.1) is 11.6 Å². The Morgan fingerprint density at radius 3 is 2.71 bits per heavy atom. The topological polar surface area (TPSA) is 46.5 Å². The predicted molar refractivity (Wildman–Crippen MR) is 81.2 cm³/mol. The van der Waals surface area contributed by atoms with E-state index in [-0.39, 0.29) is 17.5 Å². The van der Waals surface area contributed by atoms with Gasteiger partial charge in [-0.05, 0) is 42.7 Å². The minimum atomic E-state index is -0.122. The fourth-order valence-electron chi connectivity index (χ4n) is 2.67. The van der Waals surface area contributed by atoms with E-state index in [1.165, 1.54) is 6.07 Å². The van der Waals surface area contributed by atoms with E-state index in [2.05, 4.69) is 0 Å². The number of carbonyl (C=O) groups excluding carboxylic acids is 1. The van der Waals surface area contributed by atoms with E-state index < -0.39 is 0 Å². The van der Waals surface area contributed by atoms with Crippen LogP contribution in [0.25, 0.3) is 0 Å². The van der Waals surface area contributed by atoms with Crippen molar-refractivity contribution in [3.05, 3.63) is 58.6 Å². The van der Waals surface area contributed by atoms with Crippen LogP contribution in [0.15, 0.2) is 42.5 Å². The number of benzene rings is 2. The summed E-state index contributed by atoms with van der Waals surface area (Å²) in [6.45, 7) is 0.484. The number of phenols is 1. The van der Waals surface area contributed by atoms with Crippen molar-refractivity contribution in [3.8, 4) is 11.5 Å². The van der Waals surface area contributed by atoms with Gasteiger partial charge in [0.15, 0.2) is 5.78 Å². The third-order valence-electron chi connectivity index (χ3n) is 3.79. The minimum absolute atomic E-state index is 0.0319. The van der Waals surface area contributed by atoms with Crippen molar-refractivity contribution in [3.63, 3.8) is 0 Å². The first kappa shape index (κ1) is 14.0. The third kappa shape index (κ3) is 2.74. The van der Waals surface area contributed by atoms with E-state index in [1.807, 2.05) is 30.3 Å². The first-order valence-corrected chi connectivity index (χ1v) is 7.27. The van der Waals surface area contributed by atoms with Crippen molar-refractivity contribution < 1.29 is 14.6 Å². The van der Waals surface area contributed by atoms with E-state index in [0.29, 0.717) is 30.0 Å². The highest BCUT2D eigenvalue weighted by atomic mass is 35.5. The molecule has 0 spiro atoms. The molecule has 2 aromatic carbocycles. The zero-order valence-electron chi connectivity index (χ0n) is 11.4. The summed E-state index contributed by atoms with van der Waals surface area (Å²) in [4.78, 5) is 12.3. The van der Waals surface area contributed by atoms with Crippen LogP contribution in [0.4, 0.5) is 0 Å². The Morgan fingerprint density at radius 1 is 1.19 bits per heavy atom. The number of aromatic hydroxyl groups is 1. The number of rotatable bonds is 4. The molecule has 0 saturated carbocycles. The quantitative estimate of drug-likeness (QED) is 0.932. The lowest BCUT2D eigenvalue weighted by molar-refractivity contribution is 0.0918. The summed E-state index contributed by atoms with van der Waals surface area (Å²) in [6, 6.07) is 12.7. The number of ketones is 1. The Kier molecular flexibility index (Phi) is 3.84. The van der Waals surface area contributed by atoms with Gasteiger partial charge in [0, 0.05) is 11.5 Å². The molecule has 1 N–H and O–H groups in total. The van der Waals surface area contributed by atoms with Gasteiger partial charge in [0.25, 0.3) is 0 Å². The Morgan fingerprint density at radius 2 is 1.95 bits per heavy atom. The largest absolute Gasteiger partial charge is 0.506 e. The molecule has 1 atom stereocenters. The van der Waals surface area contributed by atoms with E-state index >= 15 is 0 Å². The number of hydrogen-bond acceptors (Lipinski definition) is 3. The molecule has 0 aromatic heterocycles. The normalized spacial score (nSPS) is 16.8. The minimum Gasteiger partial charge on any atom is -0.506 e. The second-order valence-electron chi connectivity index (χ2n) is 5.14. The van der Waals surface area contributed by atoms with Crippen LogP contribution in [-0.4, -0.2) is 17.5 Å². The van der Waals surface area contributed by atoms with Crippen molar-refractivity contribution in [1.82, 2.24) is 0 Å². The van der Waals surface area contributed by atoms with Crippen molar-refractivity contribution in [1.29, 1.82) is 0 Å². The lowest BCUT2D eigenvalue weighted by atomic mass is 10.0. The van der Waals surface area contributed by atoms with E-state index in [0.717, 1.165) is 11.3 Å². The number of phenolic OH excluding ortho intramolecular Hbond substituents is 1. The molecule has 1 unspecified atom stereocenters. The molecular formula is C17H15ClO3. The van der Waals surface area contributed by atoms with E-state index in [4.69, 9.17) is 16.3 Å². The van der Waals surface area contributed by atoms with Gasteiger partial charge in [-0.25, -0.2) is 0 Å². The van der Waals surface area contributed by atoms with Gasteiger partial charge >= 0.3 is 0 Å². The summed E-state index contributed by atoms with van der Waals surface area (Å²) >= 11 is 6.07. The zero-order chi connectivity index (χ0) is 14.8. The number of ether oxygens (including phenoxy) is 1. The van der Waals surface area contributed by atoms with Gasteiger partial charge in [0.1, 0.15) is 11.5 Å². The molecule has 0 radical (unpaired) electrons. The number of hydrogen-bond donors (Lipinski definition) is 1.